The van der Waals surface area contributed by atoms with Crippen molar-refractivity contribution in [3.8, 4) is 23.3 Å². The number of nitrogens with zero attached hydrogens (tertiary/aromatic N) is 2. The summed E-state index contributed by atoms with van der Waals surface area (Å²) in [5.74, 6) is 0.448. The van der Waals surface area contributed by atoms with Gasteiger partial charge in [0.1, 0.15) is 17.4 Å². The first-order valence-electron chi connectivity index (χ1n) is 9.00. The minimum absolute atomic E-state index is 0.0386. The lowest BCUT2D eigenvalue weighted by molar-refractivity contribution is 0.185. The van der Waals surface area contributed by atoms with Crippen LogP contribution < -0.4 is 25.5 Å². The maximum absolute atomic E-state index is 13.4. The van der Waals surface area contributed by atoms with E-state index in [1.807, 2.05) is 6.92 Å². The van der Waals surface area contributed by atoms with Crippen molar-refractivity contribution >= 4 is 0 Å². The Hall–Kier alpha value is -3.44. The van der Waals surface area contributed by atoms with Crippen molar-refractivity contribution in [1.82, 2.24) is 4.57 Å². The Labute approximate surface area is 168 Å². The van der Waals surface area contributed by atoms with Crippen molar-refractivity contribution in [3.63, 3.8) is 0 Å². The van der Waals surface area contributed by atoms with Gasteiger partial charge in [-0.05, 0) is 13.0 Å². The van der Waals surface area contributed by atoms with E-state index < -0.39 is 5.92 Å². The predicted octanol–water partition coefficient (Wildman–Crippen LogP) is 2.04. The number of nitriles is 1. The summed E-state index contributed by atoms with van der Waals surface area (Å²) >= 11 is 0. The van der Waals surface area contributed by atoms with Crippen molar-refractivity contribution in [2.45, 2.75) is 19.4 Å². The summed E-state index contributed by atoms with van der Waals surface area (Å²) in [6, 6.07) is 9.14. The van der Waals surface area contributed by atoms with Gasteiger partial charge in [-0.3, -0.25) is 4.79 Å². The van der Waals surface area contributed by atoms with E-state index in [2.05, 4.69) is 6.07 Å². The lowest BCUT2D eigenvalue weighted by Gasteiger charge is -2.28. The Bertz CT molecular complexity index is 1070. The number of aromatic nitrogens is 1. The van der Waals surface area contributed by atoms with Crippen LogP contribution in [0, 0.1) is 18.3 Å². The summed E-state index contributed by atoms with van der Waals surface area (Å²) in [5.41, 5.74) is 7.54. The molecule has 3 rings (SSSR count). The van der Waals surface area contributed by atoms with Gasteiger partial charge in [0.25, 0.3) is 5.56 Å². The largest absolute Gasteiger partial charge is 0.493 e. The second kappa shape index (κ2) is 8.29. The van der Waals surface area contributed by atoms with Crippen LogP contribution in [0.5, 0.6) is 17.2 Å². The van der Waals surface area contributed by atoms with Crippen LogP contribution in [-0.2, 0) is 11.3 Å². The highest BCUT2D eigenvalue weighted by molar-refractivity contribution is 5.60. The highest BCUT2D eigenvalue weighted by Gasteiger charge is 2.36. The van der Waals surface area contributed by atoms with E-state index >= 15 is 0 Å². The molecule has 1 aromatic carbocycles. The predicted molar refractivity (Wildman–Crippen MR) is 106 cm³/mol. The third-order valence-electron chi connectivity index (χ3n) is 4.95. The van der Waals surface area contributed by atoms with Crippen molar-refractivity contribution in [2.24, 2.45) is 5.73 Å². The third kappa shape index (κ3) is 3.41. The normalized spacial score (nSPS) is 15.3. The number of benzene rings is 1. The van der Waals surface area contributed by atoms with E-state index in [4.69, 9.17) is 24.7 Å². The van der Waals surface area contributed by atoms with Crippen molar-refractivity contribution in [1.29, 1.82) is 5.26 Å². The average molecular weight is 397 g/mol. The number of methoxy groups -OCH3 is 3. The lowest BCUT2D eigenvalue weighted by atomic mass is 9.83. The summed E-state index contributed by atoms with van der Waals surface area (Å²) in [6.45, 7) is 2.55. The molecule has 0 aliphatic carbocycles. The number of rotatable bonds is 6. The molecule has 0 spiro atoms. The van der Waals surface area contributed by atoms with Crippen LogP contribution in [-0.4, -0.2) is 32.5 Å². The molecule has 0 fully saturated rings. The molecule has 0 bridgehead atoms. The first kappa shape index (κ1) is 20.3. The fraction of sp³-hybridized carbons (Fsp3) is 0.333. The van der Waals surface area contributed by atoms with E-state index in [1.165, 1.54) is 14.2 Å². The number of aryl methyl sites for hydroxylation is 1. The summed E-state index contributed by atoms with van der Waals surface area (Å²) in [5, 5.41) is 9.80. The molecule has 0 saturated heterocycles. The summed E-state index contributed by atoms with van der Waals surface area (Å²) in [4.78, 5) is 13.4. The van der Waals surface area contributed by atoms with Crippen molar-refractivity contribution < 1.29 is 18.9 Å². The van der Waals surface area contributed by atoms with Gasteiger partial charge in [0.15, 0.2) is 11.5 Å². The van der Waals surface area contributed by atoms with Crippen molar-refractivity contribution in [2.75, 3.05) is 27.9 Å². The summed E-state index contributed by atoms with van der Waals surface area (Å²) in [7, 11) is 4.60. The van der Waals surface area contributed by atoms with Gasteiger partial charge in [-0.25, -0.2) is 0 Å². The molecule has 1 aromatic heterocycles. The molecular formula is C21H23N3O5. The molecule has 152 valence electrons. The molecule has 8 nitrogen and oxygen atoms in total. The molecule has 1 atom stereocenters. The number of ether oxygens (including phenoxy) is 4. The summed E-state index contributed by atoms with van der Waals surface area (Å²) in [6.07, 6.45) is 0. The molecule has 1 aliphatic heterocycles. The van der Waals surface area contributed by atoms with E-state index in [9.17, 15) is 10.1 Å². The van der Waals surface area contributed by atoms with Gasteiger partial charge >= 0.3 is 0 Å². The number of hydrogen-bond donors (Lipinski definition) is 1. The van der Waals surface area contributed by atoms with Gasteiger partial charge in [0, 0.05) is 31.0 Å². The molecule has 1 aliphatic rings. The van der Waals surface area contributed by atoms with Crippen LogP contribution in [0.4, 0.5) is 0 Å². The quantitative estimate of drug-likeness (QED) is 0.794. The van der Waals surface area contributed by atoms with Gasteiger partial charge in [-0.15, -0.1) is 0 Å². The molecule has 2 heterocycles. The second-order valence-corrected chi connectivity index (χ2v) is 6.52. The van der Waals surface area contributed by atoms with E-state index in [-0.39, 0.29) is 17.0 Å². The molecule has 0 unspecified atom stereocenters. The molecule has 2 aromatic rings. The number of hydrogen-bond acceptors (Lipinski definition) is 7. The zero-order chi connectivity index (χ0) is 21.1. The molecule has 0 saturated carbocycles. The van der Waals surface area contributed by atoms with Gasteiger partial charge in [0.05, 0.1) is 32.3 Å². The number of nitrogens with two attached hydrogens (primary N) is 1. The van der Waals surface area contributed by atoms with Crippen LogP contribution in [0.15, 0.2) is 40.5 Å². The number of allylic oxidation sites excluding steroid dienone is 1. The Morgan fingerprint density at radius 3 is 2.66 bits per heavy atom. The second-order valence-electron chi connectivity index (χ2n) is 6.52. The van der Waals surface area contributed by atoms with Crippen LogP contribution in [0.3, 0.4) is 0 Å². The van der Waals surface area contributed by atoms with Gasteiger partial charge in [0.2, 0.25) is 5.88 Å². The Kier molecular flexibility index (Phi) is 5.80. The fourth-order valence-corrected chi connectivity index (χ4v) is 3.60. The van der Waals surface area contributed by atoms with Crippen LogP contribution in [0.25, 0.3) is 0 Å². The highest BCUT2D eigenvalue weighted by atomic mass is 16.5. The zero-order valence-electron chi connectivity index (χ0n) is 16.8. The van der Waals surface area contributed by atoms with Crippen LogP contribution >= 0.6 is 0 Å². The Morgan fingerprint density at radius 1 is 1.28 bits per heavy atom. The Morgan fingerprint density at radius 2 is 2.03 bits per heavy atom. The number of pyridine rings is 1. The first-order valence-corrected chi connectivity index (χ1v) is 9.00. The maximum atomic E-state index is 13.4. The molecule has 8 heteroatoms. The van der Waals surface area contributed by atoms with E-state index in [1.54, 1.807) is 35.9 Å². The molecule has 0 amide bonds. The smallest absolute Gasteiger partial charge is 0.258 e. The lowest BCUT2D eigenvalue weighted by Crippen LogP contribution is -2.33. The maximum Gasteiger partial charge on any atom is 0.258 e. The molecule has 2 N–H and O–H groups in total. The SMILES string of the molecule is COCCn1c(C)cc2c(c1=O)[C@@H](c1cccc(OC)c1OC)C(C#N)=C(N)O2. The standard InChI is InChI=1S/C21H23N3O5/c1-12-10-16-18(21(25)24(12)8-9-26-2)17(14(11-22)20(23)29-16)13-6-5-7-15(27-3)19(13)28-4/h5-7,10,17H,8-9,23H2,1-4H3/t17-/m0/s1. The van der Waals surface area contributed by atoms with E-state index in [0.717, 1.165) is 0 Å². The topological polar surface area (TPSA) is 109 Å². The monoisotopic (exact) mass is 397 g/mol. The zero-order valence-corrected chi connectivity index (χ0v) is 16.8. The van der Waals surface area contributed by atoms with Crippen LogP contribution in [0.1, 0.15) is 22.7 Å². The van der Waals surface area contributed by atoms with Gasteiger partial charge in [-0.2, -0.15) is 5.26 Å². The van der Waals surface area contributed by atoms with Crippen molar-refractivity contribution in [3.05, 3.63) is 62.9 Å². The minimum atomic E-state index is -0.754. The van der Waals surface area contributed by atoms with Gasteiger partial charge < -0.3 is 29.2 Å². The van der Waals surface area contributed by atoms with E-state index in [0.29, 0.717) is 47.2 Å². The van der Waals surface area contributed by atoms with Crippen LogP contribution in [0.2, 0.25) is 0 Å². The summed E-state index contributed by atoms with van der Waals surface area (Å²) < 4.78 is 23.3. The third-order valence-corrected chi connectivity index (χ3v) is 4.95. The Balaban J connectivity index is 2.34. The highest BCUT2D eigenvalue weighted by Crippen LogP contribution is 2.46. The molecule has 29 heavy (non-hydrogen) atoms. The number of para-hydroxylation sites is 1. The fourth-order valence-electron chi connectivity index (χ4n) is 3.60. The molecular weight excluding hydrogens is 374 g/mol. The average Bonchev–Trinajstić information content (AvgIpc) is 2.71. The molecule has 0 radical (unpaired) electrons. The van der Waals surface area contributed by atoms with Gasteiger partial charge in [-0.1, -0.05) is 12.1 Å². The number of fused-ring (bicyclic) bond motifs is 1. The first-order chi connectivity index (χ1) is 14.0. The minimum Gasteiger partial charge on any atom is -0.493 e.